The van der Waals surface area contributed by atoms with Crippen LogP contribution in [-0.4, -0.2) is 22.9 Å². The Bertz CT molecular complexity index is 296. The minimum Gasteiger partial charge on any atom is -0.316 e. The van der Waals surface area contributed by atoms with Crippen LogP contribution >= 0.6 is 0 Å². The maximum Gasteiger partial charge on any atom is 0.0551 e. The van der Waals surface area contributed by atoms with E-state index in [-0.39, 0.29) is 0 Å². The molecular weight excluding hydrogens is 174 g/mol. The Hall–Kier alpha value is -0.830. The first-order valence-electron chi connectivity index (χ1n) is 5.61. The van der Waals surface area contributed by atoms with Crippen LogP contribution in [0.25, 0.3) is 0 Å². The maximum absolute atomic E-state index is 4.37. The molecule has 3 heteroatoms. The number of fused-ring (bicyclic) bond motifs is 1. The Morgan fingerprint density at radius 2 is 2.29 bits per heavy atom. The van der Waals surface area contributed by atoms with Crippen molar-refractivity contribution in [3.05, 3.63) is 18.5 Å². The second kappa shape index (κ2) is 3.09. The molecule has 3 nitrogen and oxygen atoms in total. The van der Waals surface area contributed by atoms with Crippen LogP contribution in [0.1, 0.15) is 19.4 Å². The minimum atomic E-state index is 0.641. The summed E-state index contributed by atoms with van der Waals surface area (Å²) in [6, 6.07) is 2.67. The quantitative estimate of drug-likeness (QED) is 0.780. The van der Waals surface area contributed by atoms with Crippen LogP contribution in [0, 0.1) is 17.8 Å². The van der Waals surface area contributed by atoms with Gasteiger partial charge in [-0.1, -0.05) is 6.92 Å². The van der Waals surface area contributed by atoms with Gasteiger partial charge in [0.2, 0.25) is 0 Å². The smallest absolute Gasteiger partial charge is 0.0551 e. The maximum atomic E-state index is 4.37. The van der Waals surface area contributed by atoms with Crippen LogP contribution < -0.4 is 5.32 Å². The molecule has 1 saturated heterocycles. The molecule has 1 aliphatic heterocycles. The summed E-state index contributed by atoms with van der Waals surface area (Å²) >= 11 is 0. The van der Waals surface area contributed by atoms with Crippen molar-refractivity contribution in [2.75, 3.05) is 13.1 Å². The Kier molecular flexibility index (Phi) is 1.87. The van der Waals surface area contributed by atoms with E-state index in [4.69, 9.17) is 0 Å². The summed E-state index contributed by atoms with van der Waals surface area (Å²) in [5.41, 5.74) is 0. The van der Waals surface area contributed by atoms with Gasteiger partial charge in [0, 0.05) is 12.4 Å². The van der Waals surface area contributed by atoms with Crippen molar-refractivity contribution < 1.29 is 0 Å². The van der Waals surface area contributed by atoms with Gasteiger partial charge in [-0.3, -0.25) is 4.68 Å². The summed E-state index contributed by atoms with van der Waals surface area (Å²) in [7, 11) is 0. The zero-order valence-corrected chi connectivity index (χ0v) is 8.56. The highest BCUT2D eigenvalue weighted by molar-refractivity contribution is 5.07. The SMILES string of the molecule is CCC(C1[C@H]2CNC[C@@H]12)n1cccn1. The van der Waals surface area contributed by atoms with E-state index in [0.29, 0.717) is 6.04 Å². The molecule has 0 aromatic carbocycles. The summed E-state index contributed by atoms with van der Waals surface area (Å²) in [5.74, 6) is 2.76. The van der Waals surface area contributed by atoms with E-state index in [1.807, 2.05) is 12.3 Å². The highest BCUT2D eigenvalue weighted by Crippen LogP contribution is 2.55. The molecule has 1 aromatic rings. The predicted molar refractivity (Wildman–Crippen MR) is 54.9 cm³/mol. The van der Waals surface area contributed by atoms with Crippen LogP contribution in [0.4, 0.5) is 0 Å². The molecule has 2 fully saturated rings. The standard InChI is InChI=1S/C11H17N3/c1-2-10(14-5-3-4-13-14)11-8-6-12-7-9(8)11/h3-5,8-12H,2,6-7H2,1H3/t8-,9+,10?,11?. The van der Waals surface area contributed by atoms with E-state index in [2.05, 4.69) is 28.2 Å². The number of nitrogens with zero attached hydrogens (tertiary/aromatic N) is 2. The molecule has 1 saturated carbocycles. The lowest BCUT2D eigenvalue weighted by Gasteiger charge is -2.17. The van der Waals surface area contributed by atoms with E-state index < -0.39 is 0 Å². The second-order valence-corrected chi connectivity index (χ2v) is 4.52. The van der Waals surface area contributed by atoms with E-state index >= 15 is 0 Å². The fourth-order valence-electron chi connectivity index (χ4n) is 3.15. The van der Waals surface area contributed by atoms with E-state index in [1.165, 1.54) is 19.5 Å². The highest BCUT2D eigenvalue weighted by atomic mass is 15.3. The highest BCUT2D eigenvalue weighted by Gasteiger charge is 2.56. The van der Waals surface area contributed by atoms with Gasteiger partial charge < -0.3 is 5.32 Å². The van der Waals surface area contributed by atoms with Crippen molar-refractivity contribution in [1.82, 2.24) is 15.1 Å². The molecule has 3 rings (SSSR count). The molecule has 2 aliphatic rings. The van der Waals surface area contributed by atoms with Crippen molar-refractivity contribution in [3.8, 4) is 0 Å². The van der Waals surface area contributed by atoms with E-state index in [0.717, 1.165) is 17.8 Å². The Morgan fingerprint density at radius 3 is 2.86 bits per heavy atom. The number of rotatable bonds is 3. The van der Waals surface area contributed by atoms with Gasteiger partial charge in [0.05, 0.1) is 6.04 Å². The Balaban J connectivity index is 1.77. The molecule has 0 amide bonds. The molecule has 1 aromatic heterocycles. The first-order valence-corrected chi connectivity index (χ1v) is 5.61. The largest absolute Gasteiger partial charge is 0.316 e. The molecule has 2 unspecified atom stereocenters. The van der Waals surface area contributed by atoms with Gasteiger partial charge in [0.25, 0.3) is 0 Å². The molecule has 1 aliphatic carbocycles. The number of hydrogen-bond acceptors (Lipinski definition) is 2. The lowest BCUT2D eigenvalue weighted by atomic mass is 10.1. The third-order valence-corrected chi connectivity index (χ3v) is 3.89. The van der Waals surface area contributed by atoms with Gasteiger partial charge in [-0.25, -0.2) is 0 Å². The zero-order chi connectivity index (χ0) is 9.54. The molecule has 2 heterocycles. The topological polar surface area (TPSA) is 29.9 Å². The number of aromatic nitrogens is 2. The van der Waals surface area contributed by atoms with Crippen molar-refractivity contribution >= 4 is 0 Å². The molecule has 0 spiro atoms. The van der Waals surface area contributed by atoms with Crippen LogP contribution in [0.15, 0.2) is 18.5 Å². The summed E-state index contributed by atoms with van der Waals surface area (Å²) in [6.45, 7) is 4.73. The van der Waals surface area contributed by atoms with Crippen molar-refractivity contribution in [1.29, 1.82) is 0 Å². The molecule has 4 atom stereocenters. The molecule has 1 N–H and O–H groups in total. The van der Waals surface area contributed by atoms with E-state index in [1.54, 1.807) is 0 Å². The van der Waals surface area contributed by atoms with E-state index in [9.17, 15) is 0 Å². The number of nitrogens with one attached hydrogen (secondary N) is 1. The van der Waals surface area contributed by atoms with Crippen LogP contribution in [0.5, 0.6) is 0 Å². The minimum absolute atomic E-state index is 0.641. The predicted octanol–water partition coefficient (Wildman–Crippen LogP) is 1.30. The monoisotopic (exact) mass is 191 g/mol. The average Bonchev–Trinajstić information content (AvgIpc) is 2.67. The van der Waals surface area contributed by atoms with Crippen molar-refractivity contribution in [2.45, 2.75) is 19.4 Å². The molecule has 0 radical (unpaired) electrons. The van der Waals surface area contributed by atoms with Crippen LogP contribution in [-0.2, 0) is 0 Å². The Labute approximate surface area is 84.5 Å². The molecule has 14 heavy (non-hydrogen) atoms. The fraction of sp³-hybridized carbons (Fsp3) is 0.727. The number of hydrogen-bond donors (Lipinski definition) is 1. The average molecular weight is 191 g/mol. The third-order valence-electron chi connectivity index (χ3n) is 3.89. The van der Waals surface area contributed by atoms with Crippen LogP contribution in [0.2, 0.25) is 0 Å². The van der Waals surface area contributed by atoms with Crippen molar-refractivity contribution in [3.63, 3.8) is 0 Å². The normalized spacial score (nSPS) is 36.8. The molecule has 0 bridgehead atoms. The first kappa shape index (κ1) is 8.48. The first-order chi connectivity index (χ1) is 6.92. The fourth-order valence-corrected chi connectivity index (χ4v) is 3.15. The second-order valence-electron chi connectivity index (χ2n) is 4.52. The van der Waals surface area contributed by atoms with Gasteiger partial charge in [-0.15, -0.1) is 0 Å². The van der Waals surface area contributed by atoms with Crippen LogP contribution in [0.3, 0.4) is 0 Å². The van der Waals surface area contributed by atoms with Gasteiger partial charge >= 0.3 is 0 Å². The van der Waals surface area contributed by atoms with Gasteiger partial charge in [0.15, 0.2) is 0 Å². The summed E-state index contributed by atoms with van der Waals surface area (Å²) in [6.07, 6.45) is 5.20. The summed E-state index contributed by atoms with van der Waals surface area (Å²) in [5, 5.41) is 7.82. The summed E-state index contributed by atoms with van der Waals surface area (Å²) in [4.78, 5) is 0. The van der Waals surface area contributed by atoms with Gasteiger partial charge in [-0.2, -0.15) is 5.10 Å². The van der Waals surface area contributed by atoms with Gasteiger partial charge in [0.1, 0.15) is 0 Å². The van der Waals surface area contributed by atoms with Gasteiger partial charge in [-0.05, 0) is 43.3 Å². The number of piperidine rings is 1. The Morgan fingerprint density at radius 1 is 1.50 bits per heavy atom. The lowest BCUT2D eigenvalue weighted by Crippen LogP contribution is -2.21. The zero-order valence-electron chi connectivity index (χ0n) is 8.56. The molecular formula is C11H17N3. The third kappa shape index (κ3) is 1.12. The summed E-state index contributed by atoms with van der Waals surface area (Å²) < 4.78 is 2.16. The molecule has 76 valence electrons. The van der Waals surface area contributed by atoms with Crippen molar-refractivity contribution in [2.24, 2.45) is 17.8 Å². The lowest BCUT2D eigenvalue weighted by molar-refractivity contribution is 0.350.